The molecule has 2 atom stereocenters. The molecule has 1 fully saturated rings. The van der Waals surface area contributed by atoms with Gasteiger partial charge in [0.25, 0.3) is 0 Å². The molecule has 1 aliphatic heterocycles. The number of methoxy groups -OCH3 is 2. The van der Waals surface area contributed by atoms with Crippen LogP contribution in [0, 0.1) is 0 Å². The molecule has 0 aromatic heterocycles. The highest BCUT2D eigenvalue weighted by molar-refractivity contribution is 5.72. The zero-order chi connectivity index (χ0) is 28.9. The van der Waals surface area contributed by atoms with Crippen LogP contribution in [0.25, 0.3) is 11.1 Å². The third kappa shape index (κ3) is 6.11. The fourth-order valence-corrected chi connectivity index (χ4v) is 4.96. The SMILES string of the molecule is COc1ccc(-c2ccc(Oc3cc(CC(=O)O)ccc3OC)c(CN3C(=O)OC(c4ccccc4)C3C)c2)cc1. The number of hydrogen-bond donors (Lipinski definition) is 1. The maximum atomic E-state index is 13.1. The van der Waals surface area contributed by atoms with Crippen molar-refractivity contribution in [1.82, 2.24) is 4.90 Å². The summed E-state index contributed by atoms with van der Waals surface area (Å²) >= 11 is 0. The van der Waals surface area contributed by atoms with Gasteiger partial charge < -0.3 is 24.1 Å². The van der Waals surface area contributed by atoms with E-state index in [0.29, 0.717) is 22.8 Å². The fraction of sp³-hybridized carbons (Fsp3) is 0.212. The molecule has 4 aromatic carbocycles. The van der Waals surface area contributed by atoms with Crippen molar-refractivity contribution >= 4 is 12.1 Å². The highest BCUT2D eigenvalue weighted by Gasteiger charge is 2.40. The number of cyclic esters (lactones) is 1. The van der Waals surface area contributed by atoms with Crippen molar-refractivity contribution in [2.75, 3.05) is 14.2 Å². The number of carbonyl (C=O) groups excluding carboxylic acids is 1. The highest BCUT2D eigenvalue weighted by atomic mass is 16.6. The highest BCUT2D eigenvalue weighted by Crippen LogP contribution is 2.39. The zero-order valence-corrected chi connectivity index (χ0v) is 23.1. The van der Waals surface area contributed by atoms with Gasteiger partial charge >= 0.3 is 12.1 Å². The van der Waals surface area contributed by atoms with Gasteiger partial charge in [-0.3, -0.25) is 9.69 Å². The van der Waals surface area contributed by atoms with E-state index in [-0.39, 0.29) is 19.0 Å². The third-order valence-electron chi connectivity index (χ3n) is 7.15. The lowest BCUT2D eigenvalue weighted by molar-refractivity contribution is -0.136. The van der Waals surface area contributed by atoms with Crippen molar-refractivity contribution < 1.29 is 33.6 Å². The summed E-state index contributed by atoms with van der Waals surface area (Å²) in [5.74, 6) is 1.16. The molecule has 1 amide bonds. The van der Waals surface area contributed by atoms with E-state index in [1.54, 1.807) is 30.2 Å². The second-order valence-corrected chi connectivity index (χ2v) is 9.79. The minimum Gasteiger partial charge on any atom is -0.497 e. The van der Waals surface area contributed by atoms with Crippen LogP contribution in [-0.2, 0) is 22.5 Å². The molecule has 8 nitrogen and oxygen atoms in total. The molecule has 210 valence electrons. The van der Waals surface area contributed by atoms with Gasteiger partial charge in [0.05, 0.1) is 33.2 Å². The molecule has 1 N–H and O–H groups in total. The topological polar surface area (TPSA) is 94.5 Å². The van der Waals surface area contributed by atoms with E-state index in [4.69, 9.17) is 18.9 Å². The van der Waals surface area contributed by atoms with Crippen molar-refractivity contribution in [2.24, 2.45) is 0 Å². The Hall–Kier alpha value is -4.98. The van der Waals surface area contributed by atoms with Gasteiger partial charge in [-0.25, -0.2) is 4.79 Å². The fourth-order valence-electron chi connectivity index (χ4n) is 4.96. The van der Waals surface area contributed by atoms with Crippen molar-refractivity contribution in [3.05, 3.63) is 108 Å². The number of nitrogens with zero attached hydrogens (tertiary/aromatic N) is 1. The molecule has 41 heavy (non-hydrogen) atoms. The first-order valence-electron chi connectivity index (χ1n) is 13.2. The first kappa shape index (κ1) is 27.6. The van der Waals surface area contributed by atoms with Crippen LogP contribution in [0.2, 0.25) is 0 Å². The van der Waals surface area contributed by atoms with Gasteiger partial charge in [0.2, 0.25) is 0 Å². The molecular formula is C33H31NO7. The zero-order valence-electron chi connectivity index (χ0n) is 23.1. The van der Waals surface area contributed by atoms with Crippen molar-refractivity contribution in [3.63, 3.8) is 0 Å². The Bertz CT molecular complexity index is 1540. The Morgan fingerprint density at radius 1 is 0.854 bits per heavy atom. The van der Waals surface area contributed by atoms with Crippen molar-refractivity contribution in [3.8, 4) is 34.1 Å². The van der Waals surface area contributed by atoms with Gasteiger partial charge in [0.1, 0.15) is 17.6 Å². The lowest BCUT2D eigenvalue weighted by atomic mass is 10.0. The first-order chi connectivity index (χ1) is 19.9. The quantitative estimate of drug-likeness (QED) is 0.229. The number of amides is 1. The Kier molecular flexibility index (Phi) is 8.10. The molecule has 1 saturated heterocycles. The number of benzene rings is 4. The molecule has 2 unspecified atom stereocenters. The molecule has 5 rings (SSSR count). The molecule has 0 saturated carbocycles. The van der Waals surface area contributed by atoms with Crippen LogP contribution >= 0.6 is 0 Å². The average Bonchev–Trinajstić information content (AvgIpc) is 3.27. The van der Waals surface area contributed by atoms with Gasteiger partial charge in [-0.1, -0.05) is 54.6 Å². The van der Waals surface area contributed by atoms with Crippen LogP contribution in [-0.4, -0.2) is 42.3 Å². The van der Waals surface area contributed by atoms with Gasteiger partial charge in [0, 0.05) is 5.56 Å². The largest absolute Gasteiger partial charge is 0.497 e. The summed E-state index contributed by atoms with van der Waals surface area (Å²) in [7, 11) is 3.15. The smallest absolute Gasteiger partial charge is 0.411 e. The monoisotopic (exact) mass is 553 g/mol. The summed E-state index contributed by atoms with van der Waals surface area (Å²) in [6, 6.07) is 28.0. The lowest BCUT2D eigenvalue weighted by Gasteiger charge is -2.23. The minimum absolute atomic E-state index is 0.151. The van der Waals surface area contributed by atoms with Crippen molar-refractivity contribution in [1.29, 1.82) is 0 Å². The van der Waals surface area contributed by atoms with Gasteiger partial charge in [-0.05, 0) is 65.6 Å². The van der Waals surface area contributed by atoms with E-state index in [2.05, 4.69) is 0 Å². The van der Waals surface area contributed by atoms with E-state index >= 15 is 0 Å². The molecular weight excluding hydrogens is 522 g/mol. The number of carboxylic acid groups (broad SMARTS) is 1. The number of aliphatic carboxylic acids is 1. The van der Waals surface area contributed by atoms with Gasteiger partial charge in [0.15, 0.2) is 11.5 Å². The lowest BCUT2D eigenvalue weighted by Crippen LogP contribution is -2.31. The molecule has 0 radical (unpaired) electrons. The van der Waals surface area contributed by atoms with Gasteiger partial charge in [-0.2, -0.15) is 0 Å². The number of carbonyl (C=O) groups is 2. The maximum Gasteiger partial charge on any atom is 0.411 e. The van der Waals surface area contributed by atoms with Gasteiger partial charge in [-0.15, -0.1) is 0 Å². The molecule has 0 aliphatic carbocycles. The van der Waals surface area contributed by atoms with E-state index < -0.39 is 18.2 Å². The Morgan fingerprint density at radius 2 is 1.56 bits per heavy atom. The minimum atomic E-state index is -0.944. The van der Waals surface area contributed by atoms with Crippen LogP contribution < -0.4 is 14.2 Å². The number of ether oxygens (including phenoxy) is 4. The summed E-state index contributed by atoms with van der Waals surface area (Å²) in [4.78, 5) is 26.1. The molecule has 0 bridgehead atoms. The van der Waals surface area contributed by atoms with Crippen LogP contribution in [0.4, 0.5) is 4.79 Å². The Balaban J connectivity index is 1.51. The predicted molar refractivity (Wildman–Crippen MR) is 154 cm³/mol. The van der Waals surface area contributed by atoms with Crippen LogP contribution in [0.5, 0.6) is 23.0 Å². The standard InChI is InChI=1S/C33H31NO7/c1-21-32(24-7-5-4-6-8-24)41-33(37)34(21)20-26-19-25(23-10-13-27(38-2)14-11-23)12-16-28(26)40-30-17-22(18-31(35)36)9-15-29(30)39-3/h4-17,19,21,32H,18,20H2,1-3H3,(H,35,36). The normalized spacial score (nSPS) is 16.3. The first-order valence-corrected chi connectivity index (χ1v) is 13.2. The second kappa shape index (κ2) is 12.0. The molecule has 0 spiro atoms. The summed E-state index contributed by atoms with van der Waals surface area (Å²) in [6.07, 6.45) is -0.958. The summed E-state index contributed by atoms with van der Waals surface area (Å²) in [5, 5.41) is 9.27. The average molecular weight is 554 g/mol. The maximum absolute atomic E-state index is 13.1. The number of rotatable bonds is 10. The van der Waals surface area contributed by atoms with E-state index in [1.165, 1.54) is 7.11 Å². The van der Waals surface area contributed by atoms with E-state index in [9.17, 15) is 14.7 Å². The number of hydrogen-bond acceptors (Lipinski definition) is 6. The molecule has 8 heteroatoms. The summed E-state index contributed by atoms with van der Waals surface area (Å²) in [6.45, 7) is 2.20. The van der Waals surface area contributed by atoms with E-state index in [0.717, 1.165) is 28.0 Å². The molecule has 1 heterocycles. The summed E-state index contributed by atoms with van der Waals surface area (Å²) in [5.41, 5.74) is 4.16. The van der Waals surface area contributed by atoms with Crippen LogP contribution in [0.1, 0.15) is 29.7 Å². The molecule has 4 aromatic rings. The molecule has 1 aliphatic rings. The summed E-state index contributed by atoms with van der Waals surface area (Å²) < 4.78 is 22.9. The Morgan fingerprint density at radius 3 is 2.24 bits per heavy atom. The van der Waals surface area contributed by atoms with E-state index in [1.807, 2.05) is 79.7 Å². The predicted octanol–water partition coefficient (Wildman–Crippen LogP) is 6.87. The third-order valence-corrected chi connectivity index (χ3v) is 7.15. The van der Waals surface area contributed by atoms with Crippen molar-refractivity contribution in [2.45, 2.75) is 32.0 Å². The second-order valence-electron chi connectivity index (χ2n) is 9.79. The van der Waals surface area contributed by atoms with Crippen LogP contribution in [0.15, 0.2) is 91.0 Å². The van der Waals surface area contributed by atoms with Crippen LogP contribution in [0.3, 0.4) is 0 Å². The number of carboxylic acids is 1. The Labute approximate surface area is 238 Å².